The van der Waals surface area contributed by atoms with E-state index in [0.717, 1.165) is 19.3 Å². The second-order valence-electron chi connectivity index (χ2n) is 3.80. The topological polar surface area (TPSA) is 55.1 Å². The molecule has 1 atom stereocenters. The van der Waals surface area contributed by atoms with Crippen LogP contribution >= 0.6 is 0 Å². The molecule has 0 fully saturated rings. The van der Waals surface area contributed by atoms with Gasteiger partial charge in [-0.15, -0.1) is 0 Å². The number of nitrogens with two attached hydrogens (primary N) is 1. The maximum atomic E-state index is 11.5. The number of carbonyl (C=O) groups excluding carboxylic acids is 1. The van der Waals surface area contributed by atoms with Crippen LogP contribution in [0.5, 0.6) is 0 Å². The van der Waals surface area contributed by atoms with Gasteiger partial charge in [0.2, 0.25) is 5.91 Å². The van der Waals surface area contributed by atoms with Crippen LogP contribution in [0.4, 0.5) is 0 Å². The number of hydrogen-bond acceptors (Lipinski definition) is 2. The van der Waals surface area contributed by atoms with Crippen molar-refractivity contribution in [3.63, 3.8) is 0 Å². The average molecular weight is 200 g/mol. The molecule has 0 bridgehead atoms. The number of amides is 1. The molecule has 14 heavy (non-hydrogen) atoms. The van der Waals surface area contributed by atoms with E-state index in [0.29, 0.717) is 24.9 Å². The Kier molecular flexibility index (Phi) is 7.48. The highest BCUT2D eigenvalue weighted by molar-refractivity contribution is 5.76. The van der Waals surface area contributed by atoms with Crippen molar-refractivity contribution in [2.24, 2.45) is 11.7 Å². The van der Waals surface area contributed by atoms with Gasteiger partial charge in [0.1, 0.15) is 0 Å². The van der Waals surface area contributed by atoms with E-state index in [1.54, 1.807) is 0 Å². The molecule has 0 radical (unpaired) electrons. The molecule has 0 aromatic carbocycles. The highest BCUT2D eigenvalue weighted by Gasteiger charge is 2.12. The number of nitrogens with one attached hydrogen (secondary N) is 1. The standard InChI is InChI=1S/C11H24N2O/c1-4-9(8-12)7-11(14)13-10(5-2)6-3/h9-10H,4-8,12H2,1-3H3,(H,13,14). The highest BCUT2D eigenvalue weighted by atomic mass is 16.1. The Balaban J connectivity index is 3.83. The molecule has 0 aliphatic heterocycles. The molecule has 3 heteroatoms. The molecule has 0 saturated heterocycles. The molecule has 0 spiro atoms. The van der Waals surface area contributed by atoms with Crippen LogP contribution in [0.1, 0.15) is 46.5 Å². The molecule has 0 aliphatic carbocycles. The van der Waals surface area contributed by atoms with Gasteiger partial charge in [0, 0.05) is 12.5 Å². The Morgan fingerprint density at radius 2 is 1.79 bits per heavy atom. The summed E-state index contributed by atoms with van der Waals surface area (Å²) in [7, 11) is 0. The molecule has 0 saturated carbocycles. The molecule has 3 N–H and O–H groups in total. The zero-order valence-corrected chi connectivity index (χ0v) is 9.68. The monoisotopic (exact) mass is 200 g/mol. The van der Waals surface area contributed by atoms with Gasteiger partial charge in [-0.25, -0.2) is 0 Å². The summed E-state index contributed by atoms with van der Waals surface area (Å²) < 4.78 is 0. The van der Waals surface area contributed by atoms with E-state index in [1.807, 2.05) is 0 Å². The quantitative estimate of drug-likeness (QED) is 0.657. The number of carbonyl (C=O) groups is 1. The van der Waals surface area contributed by atoms with Crippen molar-refractivity contribution in [1.82, 2.24) is 5.32 Å². The Hall–Kier alpha value is -0.570. The lowest BCUT2D eigenvalue weighted by molar-refractivity contribution is -0.122. The van der Waals surface area contributed by atoms with Crippen LogP contribution in [0.15, 0.2) is 0 Å². The maximum Gasteiger partial charge on any atom is 0.220 e. The van der Waals surface area contributed by atoms with Crippen LogP contribution in [-0.4, -0.2) is 18.5 Å². The predicted molar refractivity (Wildman–Crippen MR) is 60.0 cm³/mol. The summed E-state index contributed by atoms with van der Waals surface area (Å²) >= 11 is 0. The third-order valence-electron chi connectivity index (χ3n) is 2.74. The summed E-state index contributed by atoms with van der Waals surface area (Å²) in [6, 6.07) is 0.331. The van der Waals surface area contributed by atoms with Crippen molar-refractivity contribution in [3.8, 4) is 0 Å². The van der Waals surface area contributed by atoms with Crippen molar-refractivity contribution in [2.75, 3.05) is 6.54 Å². The van der Waals surface area contributed by atoms with Gasteiger partial charge < -0.3 is 11.1 Å². The second kappa shape index (κ2) is 7.80. The van der Waals surface area contributed by atoms with E-state index in [2.05, 4.69) is 26.1 Å². The van der Waals surface area contributed by atoms with Gasteiger partial charge in [0.15, 0.2) is 0 Å². The molecule has 0 aromatic heterocycles. The van der Waals surface area contributed by atoms with Gasteiger partial charge in [-0.1, -0.05) is 27.2 Å². The lowest BCUT2D eigenvalue weighted by atomic mass is 10.0. The minimum absolute atomic E-state index is 0.149. The maximum absolute atomic E-state index is 11.5. The highest BCUT2D eigenvalue weighted by Crippen LogP contribution is 2.06. The summed E-state index contributed by atoms with van der Waals surface area (Å²) in [5, 5.41) is 3.02. The van der Waals surface area contributed by atoms with Crippen molar-refractivity contribution in [3.05, 3.63) is 0 Å². The van der Waals surface area contributed by atoms with Crippen LogP contribution in [0.2, 0.25) is 0 Å². The van der Waals surface area contributed by atoms with Crippen molar-refractivity contribution >= 4 is 5.91 Å². The lowest BCUT2D eigenvalue weighted by Gasteiger charge is -2.17. The van der Waals surface area contributed by atoms with Gasteiger partial charge in [-0.3, -0.25) is 4.79 Å². The summed E-state index contributed by atoms with van der Waals surface area (Å²) in [5.41, 5.74) is 5.55. The first-order chi connectivity index (χ1) is 6.67. The summed E-state index contributed by atoms with van der Waals surface area (Å²) in [6.07, 6.45) is 3.56. The lowest BCUT2D eigenvalue weighted by Crippen LogP contribution is -2.35. The van der Waals surface area contributed by atoms with Crippen LogP contribution in [0.3, 0.4) is 0 Å². The van der Waals surface area contributed by atoms with Crippen molar-refractivity contribution in [1.29, 1.82) is 0 Å². The molecule has 84 valence electrons. The summed E-state index contributed by atoms with van der Waals surface area (Å²) in [5.74, 6) is 0.486. The molecule has 0 rings (SSSR count). The third kappa shape index (κ3) is 5.22. The minimum Gasteiger partial charge on any atom is -0.353 e. The Morgan fingerprint density at radius 3 is 2.14 bits per heavy atom. The van der Waals surface area contributed by atoms with E-state index in [1.165, 1.54) is 0 Å². The third-order valence-corrected chi connectivity index (χ3v) is 2.74. The minimum atomic E-state index is 0.149. The molecular weight excluding hydrogens is 176 g/mol. The Morgan fingerprint density at radius 1 is 1.21 bits per heavy atom. The van der Waals surface area contributed by atoms with Crippen molar-refractivity contribution in [2.45, 2.75) is 52.5 Å². The SMILES string of the molecule is CCC(CN)CC(=O)NC(CC)CC. The Bertz CT molecular complexity index is 135. The fourth-order valence-corrected chi connectivity index (χ4v) is 1.44. The average Bonchev–Trinajstić information content (AvgIpc) is 2.22. The van der Waals surface area contributed by atoms with Gasteiger partial charge in [-0.05, 0) is 25.3 Å². The molecule has 1 amide bonds. The van der Waals surface area contributed by atoms with Gasteiger partial charge in [0.05, 0.1) is 0 Å². The molecule has 1 unspecified atom stereocenters. The molecule has 0 aliphatic rings. The van der Waals surface area contributed by atoms with Crippen LogP contribution in [-0.2, 0) is 4.79 Å². The van der Waals surface area contributed by atoms with Gasteiger partial charge >= 0.3 is 0 Å². The molecule has 0 heterocycles. The first-order valence-electron chi connectivity index (χ1n) is 5.67. The zero-order valence-electron chi connectivity index (χ0n) is 9.68. The summed E-state index contributed by atoms with van der Waals surface area (Å²) in [6.45, 7) is 6.86. The van der Waals surface area contributed by atoms with E-state index >= 15 is 0 Å². The first-order valence-corrected chi connectivity index (χ1v) is 5.67. The molecule has 3 nitrogen and oxygen atoms in total. The van der Waals surface area contributed by atoms with Crippen LogP contribution < -0.4 is 11.1 Å². The van der Waals surface area contributed by atoms with Crippen molar-refractivity contribution < 1.29 is 4.79 Å². The van der Waals surface area contributed by atoms with Crippen LogP contribution in [0.25, 0.3) is 0 Å². The predicted octanol–water partition coefficient (Wildman–Crippen LogP) is 1.67. The first kappa shape index (κ1) is 13.4. The fraction of sp³-hybridized carbons (Fsp3) is 0.909. The van der Waals surface area contributed by atoms with E-state index in [4.69, 9.17) is 5.73 Å². The van der Waals surface area contributed by atoms with E-state index in [-0.39, 0.29) is 5.91 Å². The number of rotatable bonds is 7. The van der Waals surface area contributed by atoms with Gasteiger partial charge in [0.25, 0.3) is 0 Å². The molecular formula is C11H24N2O. The fourth-order valence-electron chi connectivity index (χ4n) is 1.44. The second-order valence-corrected chi connectivity index (χ2v) is 3.80. The Labute approximate surface area is 87.4 Å². The summed E-state index contributed by atoms with van der Waals surface area (Å²) in [4.78, 5) is 11.5. The molecule has 0 aromatic rings. The smallest absolute Gasteiger partial charge is 0.220 e. The van der Waals surface area contributed by atoms with E-state index in [9.17, 15) is 4.79 Å². The van der Waals surface area contributed by atoms with Crippen LogP contribution in [0, 0.1) is 5.92 Å². The van der Waals surface area contributed by atoms with Gasteiger partial charge in [-0.2, -0.15) is 0 Å². The van der Waals surface area contributed by atoms with E-state index < -0.39 is 0 Å². The zero-order chi connectivity index (χ0) is 11.0. The largest absolute Gasteiger partial charge is 0.353 e. The normalized spacial score (nSPS) is 12.9. The number of hydrogen-bond donors (Lipinski definition) is 2.